The molecule has 0 aliphatic carbocycles. The quantitative estimate of drug-likeness (QED) is 0.633. The first-order chi connectivity index (χ1) is 15.2. The van der Waals surface area contributed by atoms with Gasteiger partial charge in [0.05, 0.1) is 4.90 Å². The summed E-state index contributed by atoms with van der Waals surface area (Å²) in [6, 6.07) is 15.6. The van der Waals surface area contributed by atoms with E-state index in [2.05, 4.69) is 27.1 Å². The summed E-state index contributed by atoms with van der Waals surface area (Å²) < 4.78 is 28.0. The van der Waals surface area contributed by atoms with Crippen molar-refractivity contribution in [3.63, 3.8) is 0 Å². The highest BCUT2D eigenvalue weighted by atomic mass is 32.2. The molecule has 1 aliphatic heterocycles. The molecule has 1 N–H and O–H groups in total. The Morgan fingerprint density at radius 2 is 1.47 bits per heavy atom. The number of aromatic nitrogens is 2. The topological polar surface area (TPSA) is 78.4 Å². The fourth-order valence-electron chi connectivity index (χ4n) is 3.84. The molecule has 168 valence electrons. The van der Waals surface area contributed by atoms with E-state index in [1.165, 1.54) is 5.56 Å². The Balaban J connectivity index is 1.49. The molecule has 1 aliphatic rings. The molecule has 0 bridgehead atoms. The number of rotatable bonds is 5. The fraction of sp³-hybridized carbons (Fsp3) is 0.333. The molecule has 8 heteroatoms. The molecule has 0 saturated carbocycles. The van der Waals surface area contributed by atoms with Crippen molar-refractivity contribution in [1.29, 1.82) is 0 Å². The molecule has 0 atom stereocenters. The number of nitrogens with zero attached hydrogens (tertiary/aromatic N) is 4. The average molecular weight is 452 g/mol. The monoisotopic (exact) mass is 451 g/mol. The van der Waals surface area contributed by atoms with Crippen molar-refractivity contribution in [2.45, 2.75) is 32.6 Å². The Hall–Kier alpha value is -2.97. The number of sulfonamides is 1. The van der Waals surface area contributed by atoms with Crippen LogP contribution in [0.15, 0.2) is 53.4 Å². The normalized spacial score (nSPS) is 15.1. The maximum atomic E-state index is 13.2. The second-order valence-corrected chi connectivity index (χ2v) is 10.2. The van der Waals surface area contributed by atoms with Crippen molar-refractivity contribution in [2.75, 3.05) is 36.4 Å². The van der Waals surface area contributed by atoms with E-state index in [1.807, 2.05) is 63.2 Å². The van der Waals surface area contributed by atoms with E-state index in [1.54, 1.807) is 10.4 Å². The van der Waals surface area contributed by atoms with Gasteiger partial charge in [0.15, 0.2) is 0 Å². The van der Waals surface area contributed by atoms with Crippen LogP contribution >= 0.6 is 0 Å². The molecule has 3 aromatic rings. The minimum Gasteiger partial charge on any atom is -0.354 e. The third kappa shape index (κ3) is 4.76. The van der Waals surface area contributed by atoms with Gasteiger partial charge in [-0.25, -0.2) is 18.4 Å². The third-order valence-corrected chi connectivity index (χ3v) is 7.71. The predicted molar refractivity (Wildman–Crippen MR) is 128 cm³/mol. The van der Waals surface area contributed by atoms with Crippen LogP contribution in [0, 0.1) is 27.7 Å². The lowest BCUT2D eigenvalue weighted by Crippen LogP contribution is -2.49. The molecular formula is C24H29N5O2S. The van der Waals surface area contributed by atoms with Crippen molar-refractivity contribution in [1.82, 2.24) is 14.3 Å². The van der Waals surface area contributed by atoms with Crippen LogP contribution in [0.2, 0.25) is 0 Å². The lowest BCUT2D eigenvalue weighted by Gasteiger charge is -2.35. The standard InChI is InChI=1S/C24H29N5O2S/c1-17-6-9-21(10-7-17)27-23-16-24(26-20(4)25-23)28-11-13-29(14-12-28)32(30,31)22-15-18(2)5-8-19(22)3/h5-10,15-16H,11-14H2,1-4H3,(H,25,26,27). The van der Waals surface area contributed by atoms with E-state index in [0.717, 1.165) is 28.5 Å². The van der Waals surface area contributed by atoms with Crippen LogP contribution in [0.25, 0.3) is 0 Å². The zero-order valence-electron chi connectivity index (χ0n) is 19.0. The molecule has 0 radical (unpaired) electrons. The van der Waals surface area contributed by atoms with Gasteiger partial charge in [0, 0.05) is 37.9 Å². The largest absolute Gasteiger partial charge is 0.354 e. The Kier molecular flexibility index (Phi) is 6.17. The van der Waals surface area contributed by atoms with E-state index in [4.69, 9.17) is 0 Å². The zero-order valence-corrected chi connectivity index (χ0v) is 19.8. The maximum Gasteiger partial charge on any atom is 0.243 e. The number of hydrogen-bond acceptors (Lipinski definition) is 6. The molecule has 0 spiro atoms. The average Bonchev–Trinajstić information content (AvgIpc) is 2.76. The molecule has 32 heavy (non-hydrogen) atoms. The van der Waals surface area contributed by atoms with Gasteiger partial charge in [-0.3, -0.25) is 0 Å². The first kappa shape index (κ1) is 22.2. The Labute approximate surface area is 190 Å². The molecule has 1 aromatic heterocycles. The van der Waals surface area contributed by atoms with E-state index in [0.29, 0.717) is 36.9 Å². The van der Waals surface area contributed by atoms with E-state index >= 15 is 0 Å². The number of anilines is 3. The Bertz CT molecular complexity index is 1220. The Morgan fingerprint density at radius 1 is 0.812 bits per heavy atom. The first-order valence-corrected chi connectivity index (χ1v) is 12.2. The minimum absolute atomic E-state index is 0.397. The second-order valence-electron chi connectivity index (χ2n) is 8.31. The van der Waals surface area contributed by atoms with Gasteiger partial charge in [0.2, 0.25) is 10.0 Å². The lowest BCUT2D eigenvalue weighted by molar-refractivity contribution is 0.383. The molecule has 7 nitrogen and oxygen atoms in total. The van der Waals surface area contributed by atoms with Crippen LogP contribution in [-0.2, 0) is 10.0 Å². The smallest absolute Gasteiger partial charge is 0.243 e. The molecule has 1 saturated heterocycles. The lowest BCUT2D eigenvalue weighted by atomic mass is 10.2. The summed E-state index contributed by atoms with van der Waals surface area (Å²) in [5.74, 6) is 2.19. The Morgan fingerprint density at radius 3 is 2.16 bits per heavy atom. The van der Waals surface area contributed by atoms with Crippen LogP contribution in [0.4, 0.5) is 17.3 Å². The van der Waals surface area contributed by atoms with Crippen LogP contribution in [0.1, 0.15) is 22.5 Å². The van der Waals surface area contributed by atoms with Crippen molar-refractivity contribution in [2.24, 2.45) is 0 Å². The van der Waals surface area contributed by atoms with Crippen molar-refractivity contribution < 1.29 is 8.42 Å². The first-order valence-electron chi connectivity index (χ1n) is 10.7. The molecule has 1 fully saturated rings. The van der Waals surface area contributed by atoms with Crippen molar-refractivity contribution in [3.8, 4) is 0 Å². The van der Waals surface area contributed by atoms with Gasteiger partial charge < -0.3 is 10.2 Å². The summed E-state index contributed by atoms with van der Waals surface area (Å²) in [5.41, 5.74) is 3.88. The van der Waals surface area contributed by atoms with E-state index in [-0.39, 0.29) is 0 Å². The van der Waals surface area contributed by atoms with Gasteiger partial charge in [0.25, 0.3) is 0 Å². The molecule has 4 rings (SSSR count). The number of benzene rings is 2. The molecule has 0 unspecified atom stereocenters. The highest BCUT2D eigenvalue weighted by Gasteiger charge is 2.30. The molecule has 0 amide bonds. The van der Waals surface area contributed by atoms with Crippen LogP contribution in [-0.4, -0.2) is 48.9 Å². The number of nitrogens with one attached hydrogen (secondary N) is 1. The molecule has 2 aromatic carbocycles. The summed E-state index contributed by atoms with van der Waals surface area (Å²) in [6.45, 7) is 9.65. The minimum atomic E-state index is -3.52. The fourth-order valence-corrected chi connectivity index (χ4v) is 5.58. The van der Waals surface area contributed by atoms with Crippen molar-refractivity contribution >= 4 is 27.3 Å². The third-order valence-electron chi connectivity index (χ3n) is 5.67. The second kappa shape index (κ2) is 8.88. The predicted octanol–water partition coefficient (Wildman–Crippen LogP) is 3.96. The maximum absolute atomic E-state index is 13.2. The summed E-state index contributed by atoms with van der Waals surface area (Å²) in [7, 11) is -3.52. The van der Waals surface area contributed by atoms with Gasteiger partial charge >= 0.3 is 0 Å². The summed E-state index contributed by atoms with van der Waals surface area (Å²) >= 11 is 0. The summed E-state index contributed by atoms with van der Waals surface area (Å²) in [6.07, 6.45) is 0. The van der Waals surface area contributed by atoms with E-state index in [9.17, 15) is 8.42 Å². The van der Waals surface area contributed by atoms with Crippen LogP contribution in [0.5, 0.6) is 0 Å². The SMILES string of the molecule is Cc1ccc(Nc2cc(N3CCN(S(=O)(=O)c4cc(C)ccc4C)CC3)nc(C)n2)cc1. The highest BCUT2D eigenvalue weighted by Crippen LogP contribution is 2.25. The number of hydrogen-bond donors (Lipinski definition) is 1. The summed E-state index contributed by atoms with van der Waals surface area (Å²) in [4.78, 5) is 11.6. The number of aryl methyl sites for hydroxylation is 4. The number of piperazine rings is 1. The van der Waals surface area contributed by atoms with Crippen molar-refractivity contribution in [3.05, 3.63) is 71.0 Å². The van der Waals surface area contributed by atoms with Crippen LogP contribution in [0.3, 0.4) is 0 Å². The van der Waals surface area contributed by atoms with Gasteiger partial charge in [-0.1, -0.05) is 29.8 Å². The van der Waals surface area contributed by atoms with E-state index < -0.39 is 10.0 Å². The summed E-state index contributed by atoms with van der Waals surface area (Å²) in [5, 5.41) is 3.33. The van der Waals surface area contributed by atoms with Gasteiger partial charge in [-0.15, -0.1) is 0 Å². The molecule has 2 heterocycles. The highest BCUT2D eigenvalue weighted by molar-refractivity contribution is 7.89. The van der Waals surface area contributed by atoms with Gasteiger partial charge in [-0.2, -0.15) is 4.31 Å². The zero-order chi connectivity index (χ0) is 22.9. The van der Waals surface area contributed by atoms with Gasteiger partial charge in [-0.05, 0) is 57.0 Å². The van der Waals surface area contributed by atoms with Gasteiger partial charge in [0.1, 0.15) is 17.5 Å². The van der Waals surface area contributed by atoms with Crippen LogP contribution < -0.4 is 10.2 Å². The molecular weight excluding hydrogens is 422 g/mol.